The Kier molecular flexibility index (Phi) is 8.88. The van der Waals surface area contributed by atoms with Crippen LogP contribution in [0.5, 0.6) is 0 Å². The maximum absolute atomic E-state index is 12.1. The Hall–Kier alpha value is -2.47. The number of aryl methyl sites for hydroxylation is 1. The molecule has 0 bridgehead atoms. The zero-order chi connectivity index (χ0) is 20.4. The van der Waals surface area contributed by atoms with Gasteiger partial charge in [-0.05, 0) is 43.2 Å². The summed E-state index contributed by atoms with van der Waals surface area (Å²) in [5.41, 5.74) is 3.13. The summed E-state index contributed by atoms with van der Waals surface area (Å²) in [6, 6.07) is 16.4. The molecular weight excluding hydrogens is 368 g/mol. The van der Waals surface area contributed by atoms with Crippen LogP contribution in [0.1, 0.15) is 21.5 Å². The topological polar surface area (TPSA) is 56.7 Å². The predicted octanol–water partition coefficient (Wildman–Crippen LogP) is 3.20. The molecule has 0 atom stereocenters. The summed E-state index contributed by atoms with van der Waals surface area (Å²) in [6.45, 7) is 3.69. The first-order chi connectivity index (χ1) is 13.5. The summed E-state index contributed by atoms with van der Waals surface area (Å²) < 4.78 is 0. The van der Waals surface area contributed by atoms with Crippen molar-refractivity contribution < 1.29 is 4.79 Å². The fourth-order valence-corrected chi connectivity index (χ4v) is 3.41. The fraction of sp³-hybridized carbons (Fsp3) is 0.364. The van der Waals surface area contributed by atoms with Gasteiger partial charge in [0.1, 0.15) is 0 Å². The van der Waals surface area contributed by atoms with Gasteiger partial charge in [0.2, 0.25) is 0 Å². The van der Waals surface area contributed by atoms with E-state index in [4.69, 9.17) is 0 Å². The van der Waals surface area contributed by atoms with E-state index >= 15 is 0 Å². The van der Waals surface area contributed by atoms with E-state index in [0.29, 0.717) is 0 Å². The molecule has 0 aromatic heterocycles. The third kappa shape index (κ3) is 7.27. The van der Waals surface area contributed by atoms with E-state index in [1.165, 1.54) is 10.5 Å². The van der Waals surface area contributed by atoms with Crippen molar-refractivity contribution in [1.82, 2.24) is 15.5 Å². The lowest BCUT2D eigenvalue weighted by Gasteiger charge is -2.13. The highest BCUT2D eigenvalue weighted by molar-refractivity contribution is 7.99. The molecule has 0 saturated carbocycles. The third-order valence-corrected chi connectivity index (χ3v) is 5.21. The van der Waals surface area contributed by atoms with Gasteiger partial charge >= 0.3 is 0 Å². The van der Waals surface area contributed by atoms with E-state index in [-0.39, 0.29) is 5.91 Å². The van der Waals surface area contributed by atoms with E-state index in [1.54, 1.807) is 26.0 Å². The molecular formula is C22H30N4OS. The van der Waals surface area contributed by atoms with E-state index in [0.717, 1.165) is 42.3 Å². The second-order valence-electron chi connectivity index (χ2n) is 6.74. The molecule has 2 N–H and O–H groups in total. The van der Waals surface area contributed by atoms with Crippen LogP contribution in [0.4, 0.5) is 0 Å². The minimum Gasteiger partial charge on any atom is -0.356 e. The molecule has 1 amide bonds. The van der Waals surface area contributed by atoms with Crippen molar-refractivity contribution in [2.45, 2.75) is 18.2 Å². The first-order valence-electron chi connectivity index (χ1n) is 9.44. The molecule has 0 unspecified atom stereocenters. The number of benzene rings is 2. The summed E-state index contributed by atoms with van der Waals surface area (Å²) in [6.07, 6.45) is 0.827. The second-order valence-corrected chi connectivity index (χ2v) is 7.91. The van der Waals surface area contributed by atoms with Crippen LogP contribution in [0.3, 0.4) is 0 Å². The Balaban J connectivity index is 1.71. The Morgan fingerprint density at radius 1 is 1.07 bits per heavy atom. The van der Waals surface area contributed by atoms with Crippen molar-refractivity contribution in [1.29, 1.82) is 0 Å². The van der Waals surface area contributed by atoms with Gasteiger partial charge in [0, 0.05) is 50.4 Å². The molecule has 0 heterocycles. The Labute approximate surface area is 172 Å². The summed E-state index contributed by atoms with van der Waals surface area (Å²) in [4.78, 5) is 19.2. The number of amides is 1. The molecule has 2 aromatic carbocycles. The highest BCUT2D eigenvalue weighted by Crippen LogP contribution is 2.17. The lowest BCUT2D eigenvalue weighted by molar-refractivity contribution is 0.0827. The van der Waals surface area contributed by atoms with Gasteiger partial charge in [0.15, 0.2) is 5.96 Å². The standard InChI is InChI=1S/C22H30N4OS/c1-17-8-10-20(11-9-17)28-15-14-25-22(23-2)24-13-12-18-6-5-7-19(16-18)21(27)26(3)4/h5-11,16H,12-15H2,1-4H3,(H2,23,24,25). The lowest BCUT2D eigenvalue weighted by atomic mass is 10.1. The Bertz CT molecular complexity index is 787. The van der Waals surface area contributed by atoms with E-state index in [2.05, 4.69) is 46.8 Å². The average Bonchev–Trinajstić information content (AvgIpc) is 2.70. The number of guanidine groups is 1. The number of carbonyl (C=O) groups is 1. The molecule has 0 fully saturated rings. The largest absolute Gasteiger partial charge is 0.356 e. The van der Waals surface area contributed by atoms with Crippen molar-refractivity contribution in [3.63, 3.8) is 0 Å². The van der Waals surface area contributed by atoms with Gasteiger partial charge in [0.25, 0.3) is 5.91 Å². The quantitative estimate of drug-likeness (QED) is 0.310. The number of hydrogen-bond acceptors (Lipinski definition) is 3. The first kappa shape index (κ1) is 21.8. The number of hydrogen-bond donors (Lipinski definition) is 2. The summed E-state index contributed by atoms with van der Waals surface area (Å²) in [5, 5.41) is 6.67. The second kappa shape index (κ2) is 11.4. The minimum atomic E-state index is 0.0263. The molecule has 150 valence electrons. The minimum absolute atomic E-state index is 0.0263. The number of thioether (sulfide) groups is 1. The van der Waals surface area contributed by atoms with Crippen molar-refractivity contribution in [3.05, 3.63) is 65.2 Å². The molecule has 0 aliphatic heterocycles. The predicted molar refractivity (Wildman–Crippen MR) is 119 cm³/mol. The van der Waals surface area contributed by atoms with Crippen LogP contribution >= 0.6 is 11.8 Å². The van der Waals surface area contributed by atoms with Crippen molar-refractivity contribution in [3.8, 4) is 0 Å². The molecule has 0 aliphatic rings. The molecule has 2 rings (SSSR count). The summed E-state index contributed by atoms with van der Waals surface area (Å²) in [5.74, 6) is 1.79. The number of rotatable bonds is 8. The zero-order valence-corrected chi connectivity index (χ0v) is 18.0. The fourth-order valence-electron chi connectivity index (χ4n) is 2.64. The molecule has 0 aliphatic carbocycles. The number of aliphatic imine (C=N–C) groups is 1. The Morgan fingerprint density at radius 2 is 1.79 bits per heavy atom. The van der Waals surface area contributed by atoms with Crippen LogP contribution in [-0.2, 0) is 6.42 Å². The van der Waals surface area contributed by atoms with Gasteiger partial charge in [-0.3, -0.25) is 9.79 Å². The molecule has 2 aromatic rings. The van der Waals surface area contributed by atoms with E-state index < -0.39 is 0 Å². The lowest BCUT2D eigenvalue weighted by Crippen LogP contribution is -2.39. The van der Waals surface area contributed by atoms with Crippen LogP contribution < -0.4 is 10.6 Å². The van der Waals surface area contributed by atoms with Crippen LogP contribution in [0.2, 0.25) is 0 Å². The molecule has 0 radical (unpaired) electrons. The monoisotopic (exact) mass is 398 g/mol. The molecule has 0 spiro atoms. The molecule has 0 saturated heterocycles. The normalized spacial score (nSPS) is 11.2. The number of nitrogens with one attached hydrogen (secondary N) is 2. The van der Waals surface area contributed by atoms with Gasteiger partial charge < -0.3 is 15.5 Å². The summed E-state index contributed by atoms with van der Waals surface area (Å²) in [7, 11) is 5.31. The van der Waals surface area contributed by atoms with Crippen LogP contribution in [0.15, 0.2) is 58.4 Å². The number of carbonyl (C=O) groups excluding carboxylic acids is 1. The van der Waals surface area contributed by atoms with Crippen molar-refractivity contribution in [2.75, 3.05) is 40.0 Å². The van der Waals surface area contributed by atoms with Crippen LogP contribution in [0, 0.1) is 6.92 Å². The van der Waals surface area contributed by atoms with Gasteiger partial charge in [-0.2, -0.15) is 0 Å². The van der Waals surface area contributed by atoms with Gasteiger partial charge in [0.05, 0.1) is 0 Å². The maximum atomic E-state index is 12.1. The molecule has 5 nitrogen and oxygen atoms in total. The van der Waals surface area contributed by atoms with Gasteiger partial charge in [-0.1, -0.05) is 29.8 Å². The SMILES string of the molecule is CN=C(NCCSc1ccc(C)cc1)NCCc1cccc(C(=O)N(C)C)c1. The summed E-state index contributed by atoms with van der Waals surface area (Å²) >= 11 is 1.83. The van der Waals surface area contributed by atoms with Crippen LogP contribution in [-0.4, -0.2) is 56.8 Å². The first-order valence-corrected chi connectivity index (χ1v) is 10.4. The molecule has 6 heteroatoms. The van der Waals surface area contributed by atoms with E-state index in [1.807, 2.05) is 36.0 Å². The smallest absolute Gasteiger partial charge is 0.253 e. The molecule has 28 heavy (non-hydrogen) atoms. The van der Waals surface area contributed by atoms with Crippen molar-refractivity contribution >= 4 is 23.6 Å². The highest BCUT2D eigenvalue weighted by Gasteiger charge is 2.08. The number of nitrogens with zero attached hydrogens (tertiary/aromatic N) is 2. The maximum Gasteiger partial charge on any atom is 0.253 e. The van der Waals surface area contributed by atoms with Gasteiger partial charge in [-0.15, -0.1) is 11.8 Å². The van der Waals surface area contributed by atoms with Gasteiger partial charge in [-0.25, -0.2) is 0 Å². The van der Waals surface area contributed by atoms with Crippen LogP contribution in [0.25, 0.3) is 0 Å². The average molecular weight is 399 g/mol. The third-order valence-electron chi connectivity index (χ3n) is 4.19. The zero-order valence-electron chi connectivity index (χ0n) is 17.2. The Morgan fingerprint density at radius 3 is 2.46 bits per heavy atom. The van der Waals surface area contributed by atoms with E-state index in [9.17, 15) is 4.79 Å². The highest BCUT2D eigenvalue weighted by atomic mass is 32.2. The van der Waals surface area contributed by atoms with Crippen molar-refractivity contribution in [2.24, 2.45) is 4.99 Å².